The minimum absolute atomic E-state index is 0.470. The van der Waals surface area contributed by atoms with Crippen molar-refractivity contribution in [1.29, 1.82) is 5.26 Å². The number of nitriles is 1. The number of halogens is 1. The molecule has 4 heteroatoms. The molecule has 0 radical (unpaired) electrons. The van der Waals surface area contributed by atoms with Crippen LogP contribution < -0.4 is 10.1 Å². The molecule has 0 unspecified atom stereocenters. The van der Waals surface area contributed by atoms with E-state index in [-0.39, 0.29) is 0 Å². The normalized spacial score (nSPS) is 9.95. The Balaban J connectivity index is 2.01. The van der Waals surface area contributed by atoms with Crippen molar-refractivity contribution in [1.82, 2.24) is 0 Å². The molecular weight excluding hydrogens is 284 g/mol. The van der Waals surface area contributed by atoms with Crippen LogP contribution in [0.15, 0.2) is 42.5 Å². The molecule has 0 atom stereocenters. The SMILES string of the molecule is CCCOc1cccc(CNc2ccc(Cl)c(C#N)c2)c1. The summed E-state index contributed by atoms with van der Waals surface area (Å²) in [6.45, 7) is 3.47. The molecule has 1 N–H and O–H groups in total. The van der Waals surface area contributed by atoms with Crippen molar-refractivity contribution in [3.63, 3.8) is 0 Å². The molecule has 21 heavy (non-hydrogen) atoms. The number of hydrogen-bond acceptors (Lipinski definition) is 3. The van der Waals surface area contributed by atoms with Gasteiger partial charge in [-0.25, -0.2) is 0 Å². The molecule has 0 heterocycles. The van der Waals surface area contributed by atoms with Crippen LogP contribution in [0.2, 0.25) is 5.02 Å². The van der Waals surface area contributed by atoms with Gasteiger partial charge in [0.15, 0.2) is 0 Å². The molecular formula is C17H17ClN2O. The van der Waals surface area contributed by atoms with Gasteiger partial charge in [-0.3, -0.25) is 0 Å². The summed E-state index contributed by atoms with van der Waals surface area (Å²) in [4.78, 5) is 0. The van der Waals surface area contributed by atoms with Gasteiger partial charge in [0.1, 0.15) is 11.8 Å². The highest BCUT2D eigenvalue weighted by Gasteiger charge is 2.02. The Morgan fingerprint density at radius 3 is 2.86 bits per heavy atom. The van der Waals surface area contributed by atoms with E-state index in [2.05, 4.69) is 18.3 Å². The molecule has 2 aromatic carbocycles. The second-order valence-corrected chi connectivity index (χ2v) is 5.06. The van der Waals surface area contributed by atoms with Gasteiger partial charge >= 0.3 is 0 Å². The van der Waals surface area contributed by atoms with Gasteiger partial charge in [-0.15, -0.1) is 0 Å². The third kappa shape index (κ3) is 4.40. The lowest BCUT2D eigenvalue weighted by atomic mass is 10.2. The molecule has 0 amide bonds. The Morgan fingerprint density at radius 2 is 2.10 bits per heavy atom. The number of nitrogens with one attached hydrogen (secondary N) is 1. The lowest BCUT2D eigenvalue weighted by Crippen LogP contribution is -2.01. The van der Waals surface area contributed by atoms with Gasteiger partial charge in [-0.05, 0) is 42.3 Å². The van der Waals surface area contributed by atoms with Crippen LogP contribution in [0.4, 0.5) is 5.69 Å². The molecule has 0 aliphatic heterocycles. The maximum Gasteiger partial charge on any atom is 0.119 e. The summed E-state index contributed by atoms with van der Waals surface area (Å²) in [5.74, 6) is 0.880. The zero-order valence-corrected chi connectivity index (χ0v) is 12.7. The van der Waals surface area contributed by atoms with Crippen LogP contribution >= 0.6 is 11.6 Å². The number of ether oxygens (including phenoxy) is 1. The summed E-state index contributed by atoms with van der Waals surface area (Å²) >= 11 is 5.92. The van der Waals surface area contributed by atoms with Gasteiger partial charge in [0.25, 0.3) is 0 Å². The maximum absolute atomic E-state index is 8.97. The molecule has 3 nitrogen and oxygen atoms in total. The van der Waals surface area contributed by atoms with Gasteiger partial charge in [-0.1, -0.05) is 30.7 Å². The van der Waals surface area contributed by atoms with E-state index in [0.29, 0.717) is 17.1 Å². The predicted octanol–water partition coefficient (Wildman–Crippen LogP) is 4.61. The highest BCUT2D eigenvalue weighted by molar-refractivity contribution is 6.31. The monoisotopic (exact) mass is 300 g/mol. The Bertz CT molecular complexity index is 649. The van der Waals surface area contributed by atoms with E-state index in [1.54, 1.807) is 12.1 Å². The summed E-state index contributed by atoms with van der Waals surface area (Å²) < 4.78 is 5.61. The van der Waals surface area contributed by atoms with Crippen molar-refractivity contribution in [3.8, 4) is 11.8 Å². The minimum atomic E-state index is 0.470. The summed E-state index contributed by atoms with van der Waals surface area (Å²) in [5.41, 5.74) is 2.47. The Labute approximate surface area is 130 Å². The highest BCUT2D eigenvalue weighted by atomic mass is 35.5. The topological polar surface area (TPSA) is 45.0 Å². The largest absolute Gasteiger partial charge is 0.494 e. The molecule has 0 aliphatic rings. The highest BCUT2D eigenvalue weighted by Crippen LogP contribution is 2.21. The van der Waals surface area contributed by atoms with E-state index < -0.39 is 0 Å². The fraction of sp³-hybridized carbons (Fsp3) is 0.235. The molecule has 0 spiro atoms. The molecule has 0 saturated carbocycles. The van der Waals surface area contributed by atoms with E-state index in [1.165, 1.54) is 0 Å². The smallest absolute Gasteiger partial charge is 0.119 e. The van der Waals surface area contributed by atoms with Crippen molar-refractivity contribution >= 4 is 17.3 Å². The molecule has 0 aliphatic carbocycles. The lowest BCUT2D eigenvalue weighted by Gasteiger charge is -2.09. The Morgan fingerprint density at radius 1 is 1.24 bits per heavy atom. The van der Waals surface area contributed by atoms with Gasteiger partial charge in [-0.2, -0.15) is 5.26 Å². The first-order valence-electron chi connectivity index (χ1n) is 6.88. The fourth-order valence-electron chi connectivity index (χ4n) is 1.89. The Kier molecular flexibility index (Phi) is 5.48. The van der Waals surface area contributed by atoms with Crippen LogP contribution in [0.5, 0.6) is 5.75 Å². The predicted molar refractivity (Wildman–Crippen MR) is 85.7 cm³/mol. The van der Waals surface area contributed by atoms with E-state index in [9.17, 15) is 0 Å². The average Bonchev–Trinajstić information content (AvgIpc) is 2.52. The minimum Gasteiger partial charge on any atom is -0.494 e. The summed E-state index contributed by atoms with van der Waals surface area (Å²) in [7, 11) is 0. The lowest BCUT2D eigenvalue weighted by molar-refractivity contribution is 0.317. The summed E-state index contributed by atoms with van der Waals surface area (Å²) in [5, 5.41) is 12.7. The first-order chi connectivity index (χ1) is 10.2. The van der Waals surface area contributed by atoms with E-state index in [1.807, 2.05) is 30.3 Å². The zero-order chi connectivity index (χ0) is 15.1. The standard InChI is InChI=1S/C17H17ClN2O/c1-2-8-21-16-5-3-4-13(9-16)12-20-15-6-7-17(18)14(10-15)11-19/h3-7,9-10,20H,2,8,12H2,1H3. The molecule has 2 rings (SSSR count). The van der Waals surface area contributed by atoms with E-state index in [4.69, 9.17) is 21.6 Å². The third-order valence-corrected chi connectivity index (χ3v) is 3.28. The van der Waals surface area contributed by atoms with Crippen LogP contribution in [0.25, 0.3) is 0 Å². The van der Waals surface area contributed by atoms with Crippen molar-refractivity contribution in [2.45, 2.75) is 19.9 Å². The second kappa shape index (κ2) is 7.56. The fourth-order valence-corrected chi connectivity index (χ4v) is 2.05. The quantitative estimate of drug-likeness (QED) is 0.847. The maximum atomic E-state index is 8.97. The van der Waals surface area contributed by atoms with Gasteiger partial charge < -0.3 is 10.1 Å². The number of anilines is 1. The van der Waals surface area contributed by atoms with Crippen LogP contribution in [0.1, 0.15) is 24.5 Å². The number of nitrogens with zero attached hydrogens (tertiary/aromatic N) is 1. The van der Waals surface area contributed by atoms with Crippen LogP contribution in [-0.2, 0) is 6.54 Å². The van der Waals surface area contributed by atoms with E-state index in [0.717, 1.165) is 30.0 Å². The van der Waals surface area contributed by atoms with Crippen LogP contribution in [-0.4, -0.2) is 6.61 Å². The van der Waals surface area contributed by atoms with Crippen molar-refractivity contribution in [3.05, 3.63) is 58.6 Å². The van der Waals surface area contributed by atoms with Gasteiger partial charge in [0, 0.05) is 12.2 Å². The third-order valence-electron chi connectivity index (χ3n) is 2.95. The summed E-state index contributed by atoms with van der Waals surface area (Å²) in [6, 6.07) is 15.4. The number of hydrogen-bond donors (Lipinski definition) is 1. The number of benzene rings is 2. The number of rotatable bonds is 6. The average molecular weight is 301 g/mol. The van der Waals surface area contributed by atoms with Crippen molar-refractivity contribution < 1.29 is 4.74 Å². The summed E-state index contributed by atoms with van der Waals surface area (Å²) in [6.07, 6.45) is 0.990. The first-order valence-corrected chi connectivity index (χ1v) is 7.26. The molecule has 0 bridgehead atoms. The molecule has 108 valence electrons. The molecule has 2 aromatic rings. The van der Waals surface area contributed by atoms with Crippen molar-refractivity contribution in [2.75, 3.05) is 11.9 Å². The first kappa shape index (κ1) is 15.2. The molecule has 0 fully saturated rings. The van der Waals surface area contributed by atoms with Gasteiger partial charge in [0.2, 0.25) is 0 Å². The Hall–Kier alpha value is -2.18. The van der Waals surface area contributed by atoms with E-state index >= 15 is 0 Å². The molecule has 0 saturated heterocycles. The van der Waals surface area contributed by atoms with Crippen LogP contribution in [0.3, 0.4) is 0 Å². The van der Waals surface area contributed by atoms with Crippen LogP contribution in [0, 0.1) is 11.3 Å². The second-order valence-electron chi connectivity index (χ2n) is 4.66. The molecule has 0 aromatic heterocycles. The zero-order valence-electron chi connectivity index (χ0n) is 11.9. The van der Waals surface area contributed by atoms with Gasteiger partial charge in [0.05, 0.1) is 17.2 Å². The van der Waals surface area contributed by atoms with Crippen molar-refractivity contribution in [2.24, 2.45) is 0 Å².